The summed E-state index contributed by atoms with van der Waals surface area (Å²) in [6, 6.07) is 5.82. The number of aryl methyl sites for hydroxylation is 1. The summed E-state index contributed by atoms with van der Waals surface area (Å²) in [5.74, 6) is 0.242. The fourth-order valence-corrected chi connectivity index (χ4v) is 4.06. The van der Waals surface area contributed by atoms with Gasteiger partial charge in [-0.3, -0.25) is 14.6 Å². The van der Waals surface area contributed by atoms with Gasteiger partial charge in [0.05, 0.1) is 11.7 Å². The van der Waals surface area contributed by atoms with Crippen LogP contribution in [0.15, 0.2) is 34.5 Å². The number of ether oxygens (including phenoxy) is 1. The van der Waals surface area contributed by atoms with Crippen molar-refractivity contribution < 1.29 is 14.3 Å². The van der Waals surface area contributed by atoms with Crippen LogP contribution >= 0.6 is 0 Å². The van der Waals surface area contributed by atoms with Crippen molar-refractivity contribution in [1.29, 1.82) is 0 Å². The van der Waals surface area contributed by atoms with Gasteiger partial charge in [0, 0.05) is 50.4 Å². The van der Waals surface area contributed by atoms with Gasteiger partial charge in [0.1, 0.15) is 5.69 Å². The minimum absolute atomic E-state index is 0.0603. The number of hydrogen-bond donors (Lipinski definition) is 3. The minimum atomic E-state index is -0.193. The van der Waals surface area contributed by atoms with Crippen molar-refractivity contribution in [2.24, 2.45) is 10.1 Å². The number of rotatable bonds is 8. The third-order valence-electron chi connectivity index (χ3n) is 6.26. The Bertz CT molecular complexity index is 1130. The number of carbonyl (C=O) groups excluding carboxylic acids is 2. The lowest BCUT2D eigenvalue weighted by Gasteiger charge is -2.15. The molecule has 0 bridgehead atoms. The molecule has 2 aromatic rings. The van der Waals surface area contributed by atoms with Gasteiger partial charge in [0.25, 0.3) is 11.8 Å². The van der Waals surface area contributed by atoms with E-state index in [2.05, 4.69) is 32.8 Å². The molecule has 4 rings (SSSR count). The maximum Gasteiger partial charge on any atom is 0.253 e. The molecule has 1 aliphatic heterocycles. The Balaban J connectivity index is 1.56. The van der Waals surface area contributed by atoms with E-state index in [9.17, 15) is 9.59 Å². The molecule has 1 atom stereocenters. The summed E-state index contributed by atoms with van der Waals surface area (Å²) in [4.78, 5) is 29.8. The first kappa shape index (κ1) is 23.7. The maximum atomic E-state index is 12.9. The largest absolute Gasteiger partial charge is 0.376 e. The molecule has 1 aromatic carbocycles. The molecule has 3 N–H and O–H groups in total. The number of benzene rings is 1. The highest BCUT2D eigenvalue weighted by Gasteiger charge is 2.25. The molecular formula is C25H32N6O3. The van der Waals surface area contributed by atoms with Crippen LogP contribution in [0.2, 0.25) is 0 Å². The Morgan fingerprint density at radius 1 is 1.21 bits per heavy atom. The first-order chi connectivity index (χ1) is 16.4. The van der Waals surface area contributed by atoms with E-state index in [-0.39, 0.29) is 24.0 Å². The summed E-state index contributed by atoms with van der Waals surface area (Å²) in [5, 5.41) is 13.4. The van der Waals surface area contributed by atoms with Gasteiger partial charge in [-0.05, 0) is 62.8 Å². The smallest absolute Gasteiger partial charge is 0.253 e. The van der Waals surface area contributed by atoms with Crippen LogP contribution in [0.4, 0.5) is 5.69 Å². The highest BCUT2D eigenvalue weighted by atomic mass is 16.5. The van der Waals surface area contributed by atoms with Crippen LogP contribution in [0, 0.1) is 13.8 Å². The van der Waals surface area contributed by atoms with Crippen molar-refractivity contribution in [1.82, 2.24) is 15.3 Å². The molecule has 1 aromatic heterocycles. The van der Waals surface area contributed by atoms with Gasteiger partial charge in [-0.25, -0.2) is 4.68 Å². The number of anilines is 1. The van der Waals surface area contributed by atoms with Crippen LogP contribution in [0.1, 0.15) is 63.2 Å². The molecule has 1 unspecified atom stereocenters. The molecule has 9 heteroatoms. The topological polar surface area (TPSA) is 109 Å². The first-order valence-corrected chi connectivity index (χ1v) is 11.7. The Hall–Kier alpha value is -3.46. The Morgan fingerprint density at radius 3 is 2.65 bits per heavy atom. The van der Waals surface area contributed by atoms with Crippen molar-refractivity contribution in [3.8, 4) is 0 Å². The third-order valence-corrected chi connectivity index (χ3v) is 6.26. The molecule has 2 amide bonds. The zero-order valence-electron chi connectivity index (χ0n) is 20.0. The van der Waals surface area contributed by atoms with Crippen LogP contribution in [-0.2, 0) is 4.74 Å². The average molecular weight is 465 g/mol. The number of amides is 2. The SMILES string of the molecule is C=Nn1cc(C(=O)NCC2CCCO2)c(C)c1C(=NC)Nc1cc(C(=O)NC2CC2)ccc1C. The number of hydrogen-bond acceptors (Lipinski definition) is 5. The lowest BCUT2D eigenvalue weighted by Crippen LogP contribution is -2.32. The van der Waals surface area contributed by atoms with E-state index in [0.29, 0.717) is 29.2 Å². The van der Waals surface area contributed by atoms with Gasteiger partial charge in [-0.1, -0.05) is 6.07 Å². The summed E-state index contributed by atoms with van der Waals surface area (Å²) < 4.78 is 7.14. The summed E-state index contributed by atoms with van der Waals surface area (Å²) in [7, 11) is 1.67. The fraction of sp³-hybridized carbons (Fsp3) is 0.440. The Morgan fingerprint density at radius 2 is 2.00 bits per heavy atom. The molecule has 2 aliphatic rings. The number of carbonyl (C=O) groups is 2. The number of amidine groups is 1. The quantitative estimate of drug-likeness (QED) is 0.412. The number of nitrogens with zero attached hydrogens (tertiary/aromatic N) is 3. The second-order valence-corrected chi connectivity index (χ2v) is 8.82. The molecule has 34 heavy (non-hydrogen) atoms. The van der Waals surface area contributed by atoms with Crippen LogP contribution in [0.3, 0.4) is 0 Å². The van der Waals surface area contributed by atoms with Crippen LogP contribution in [0.5, 0.6) is 0 Å². The van der Waals surface area contributed by atoms with Gasteiger partial charge in [-0.2, -0.15) is 5.10 Å². The molecule has 180 valence electrons. The minimum Gasteiger partial charge on any atom is -0.376 e. The van der Waals surface area contributed by atoms with Crippen LogP contribution in [-0.4, -0.2) is 61.4 Å². The number of nitrogens with one attached hydrogen (secondary N) is 3. The van der Waals surface area contributed by atoms with Gasteiger partial charge in [0.15, 0.2) is 5.84 Å². The van der Waals surface area contributed by atoms with E-state index < -0.39 is 0 Å². The van der Waals surface area contributed by atoms with Crippen molar-refractivity contribution in [2.75, 3.05) is 25.5 Å². The van der Waals surface area contributed by atoms with Crippen molar-refractivity contribution >= 4 is 30.1 Å². The predicted octanol–water partition coefficient (Wildman–Crippen LogP) is 2.86. The van der Waals surface area contributed by atoms with Crippen LogP contribution in [0.25, 0.3) is 0 Å². The van der Waals surface area contributed by atoms with E-state index in [1.54, 1.807) is 17.9 Å². The molecule has 0 spiro atoms. The van der Waals surface area contributed by atoms with Crippen molar-refractivity contribution in [2.45, 2.75) is 51.7 Å². The maximum absolute atomic E-state index is 12.9. The number of aromatic nitrogens is 1. The highest BCUT2D eigenvalue weighted by molar-refractivity contribution is 6.11. The van der Waals surface area contributed by atoms with Gasteiger partial charge >= 0.3 is 0 Å². The summed E-state index contributed by atoms with van der Waals surface area (Å²) in [6.07, 6.45) is 5.75. The van der Waals surface area contributed by atoms with E-state index in [4.69, 9.17) is 4.74 Å². The molecule has 2 heterocycles. The first-order valence-electron chi connectivity index (χ1n) is 11.7. The van der Waals surface area contributed by atoms with E-state index in [0.717, 1.165) is 49.1 Å². The van der Waals surface area contributed by atoms with E-state index in [1.807, 2.05) is 32.0 Å². The zero-order valence-corrected chi connectivity index (χ0v) is 20.0. The van der Waals surface area contributed by atoms with Gasteiger partial charge in [-0.15, -0.1) is 0 Å². The lowest BCUT2D eigenvalue weighted by atomic mass is 10.1. The zero-order chi connectivity index (χ0) is 24.2. The standard InChI is InChI=1S/C25H32N6O3/c1-15-7-8-17(24(32)29-18-9-10-18)12-21(15)30-23(26-3)22-16(2)20(14-31(22)27-4)25(33)28-13-19-6-5-11-34-19/h7-8,12,14,18-19H,4-6,9-11,13H2,1-3H3,(H,26,30)(H,28,33)(H,29,32). The average Bonchev–Trinajstić information content (AvgIpc) is 3.36. The molecule has 2 fully saturated rings. The summed E-state index contributed by atoms with van der Waals surface area (Å²) >= 11 is 0. The van der Waals surface area contributed by atoms with E-state index in [1.165, 1.54) is 0 Å². The third kappa shape index (κ3) is 5.20. The molecule has 0 radical (unpaired) electrons. The van der Waals surface area contributed by atoms with Gasteiger partial charge < -0.3 is 20.7 Å². The Labute approximate surface area is 199 Å². The van der Waals surface area contributed by atoms with Gasteiger partial charge in [0.2, 0.25) is 0 Å². The second kappa shape index (κ2) is 10.2. The van der Waals surface area contributed by atoms with Crippen LogP contribution < -0.4 is 16.0 Å². The Kier molecular flexibility index (Phi) is 7.12. The fourth-order valence-electron chi connectivity index (χ4n) is 4.06. The molecule has 1 saturated heterocycles. The molecular weight excluding hydrogens is 432 g/mol. The second-order valence-electron chi connectivity index (χ2n) is 8.82. The lowest BCUT2D eigenvalue weighted by molar-refractivity contribution is 0.0857. The predicted molar refractivity (Wildman–Crippen MR) is 133 cm³/mol. The van der Waals surface area contributed by atoms with Crippen molar-refractivity contribution in [3.05, 3.63) is 52.3 Å². The normalized spacial score (nSPS) is 18.0. The molecule has 9 nitrogen and oxygen atoms in total. The number of aliphatic imine (C=N–C) groups is 1. The summed E-state index contributed by atoms with van der Waals surface area (Å²) in [5.41, 5.74) is 4.15. The van der Waals surface area contributed by atoms with E-state index >= 15 is 0 Å². The summed E-state index contributed by atoms with van der Waals surface area (Å²) in [6.45, 7) is 8.68. The monoisotopic (exact) mass is 464 g/mol. The molecule has 1 aliphatic carbocycles. The molecule has 1 saturated carbocycles. The van der Waals surface area contributed by atoms with Crippen molar-refractivity contribution in [3.63, 3.8) is 0 Å². The highest BCUT2D eigenvalue weighted by Crippen LogP contribution is 2.24.